The number of hydrogen-bond donors (Lipinski definition) is 1. The van der Waals surface area contributed by atoms with Crippen LogP contribution in [0.15, 0.2) is 78.9 Å². The van der Waals surface area contributed by atoms with Crippen LogP contribution in [0.2, 0.25) is 5.02 Å². The van der Waals surface area contributed by atoms with Gasteiger partial charge in [-0.3, -0.25) is 13.9 Å². The summed E-state index contributed by atoms with van der Waals surface area (Å²) in [6.45, 7) is 4.06. The molecule has 1 atom stereocenters. The summed E-state index contributed by atoms with van der Waals surface area (Å²) >= 11 is 6.12. The van der Waals surface area contributed by atoms with Crippen LogP contribution in [0.1, 0.15) is 30.0 Å². The number of hydrogen-bond acceptors (Lipinski definition) is 4. The van der Waals surface area contributed by atoms with Gasteiger partial charge in [-0.1, -0.05) is 84.8 Å². The molecule has 202 valence electrons. The molecule has 0 aliphatic carbocycles. The third-order valence-electron chi connectivity index (χ3n) is 6.07. The largest absolute Gasteiger partial charge is 0.354 e. The Labute approximate surface area is 230 Å². The lowest BCUT2D eigenvalue weighted by Gasteiger charge is -2.33. The molecule has 0 bridgehead atoms. The molecule has 3 aromatic carbocycles. The van der Waals surface area contributed by atoms with Crippen LogP contribution < -0.4 is 9.62 Å². The molecular formula is C29H34ClN3O4S. The Morgan fingerprint density at radius 2 is 1.63 bits per heavy atom. The van der Waals surface area contributed by atoms with Crippen LogP contribution in [0, 0.1) is 6.92 Å². The van der Waals surface area contributed by atoms with Gasteiger partial charge in [0, 0.05) is 24.5 Å². The van der Waals surface area contributed by atoms with Crippen LogP contribution in [0.3, 0.4) is 0 Å². The highest BCUT2D eigenvalue weighted by Gasteiger charge is 2.33. The van der Waals surface area contributed by atoms with E-state index in [2.05, 4.69) is 5.32 Å². The second kappa shape index (κ2) is 13.4. The van der Waals surface area contributed by atoms with Gasteiger partial charge in [-0.05, 0) is 42.7 Å². The number of aryl methyl sites for hydroxylation is 1. The average Bonchev–Trinajstić information content (AvgIpc) is 2.88. The first-order valence-corrected chi connectivity index (χ1v) is 14.7. The van der Waals surface area contributed by atoms with Gasteiger partial charge in [-0.2, -0.15) is 0 Å². The van der Waals surface area contributed by atoms with E-state index in [1.165, 1.54) is 11.0 Å². The smallest absolute Gasteiger partial charge is 0.244 e. The molecule has 0 saturated carbocycles. The van der Waals surface area contributed by atoms with E-state index in [9.17, 15) is 18.0 Å². The van der Waals surface area contributed by atoms with Gasteiger partial charge in [0.05, 0.1) is 11.9 Å². The SMILES string of the molecule is CCCNC(=O)[C@@H](Cc1ccccc1)N(Cc1ccc(C)cc1)C(=O)CN(c1cccc(Cl)c1)S(C)(=O)=O. The Bertz CT molecular complexity index is 1330. The maximum atomic E-state index is 13.9. The summed E-state index contributed by atoms with van der Waals surface area (Å²) in [5.74, 6) is -0.784. The summed E-state index contributed by atoms with van der Waals surface area (Å²) in [6, 6.07) is 22.6. The lowest BCUT2D eigenvalue weighted by Crippen LogP contribution is -2.53. The third kappa shape index (κ3) is 8.33. The fourth-order valence-corrected chi connectivity index (χ4v) is 5.08. The predicted molar refractivity (Wildman–Crippen MR) is 153 cm³/mol. The Morgan fingerprint density at radius 1 is 0.947 bits per heavy atom. The van der Waals surface area contributed by atoms with Crippen molar-refractivity contribution in [3.05, 3.63) is 101 Å². The van der Waals surface area contributed by atoms with Gasteiger partial charge in [-0.15, -0.1) is 0 Å². The summed E-state index contributed by atoms with van der Waals surface area (Å²) in [4.78, 5) is 28.9. The molecule has 1 N–H and O–H groups in total. The van der Waals surface area contributed by atoms with Gasteiger partial charge in [0.15, 0.2) is 0 Å². The van der Waals surface area contributed by atoms with Crippen molar-refractivity contribution in [1.82, 2.24) is 10.2 Å². The van der Waals surface area contributed by atoms with E-state index in [1.807, 2.05) is 68.4 Å². The first-order valence-electron chi connectivity index (χ1n) is 12.5. The van der Waals surface area contributed by atoms with Crippen LogP contribution in [-0.2, 0) is 32.6 Å². The highest BCUT2D eigenvalue weighted by Crippen LogP contribution is 2.23. The molecule has 7 nitrogen and oxygen atoms in total. The number of nitrogens with zero attached hydrogens (tertiary/aromatic N) is 2. The molecule has 38 heavy (non-hydrogen) atoms. The van der Waals surface area contributed by atoms with Crippen molar-refractivity contribution < 1.29 is 18.0 Å². The first kappa shape index (κ1) is 29.2. The molecular weight excluding hydrogens is 522 g/mol. The highest BCUT2D eigenvalue weighted by molar-refractivity contribution is 7.92. The standard InChI is InChI=1S/C29H34ClN3O4S/c1-4-17-31-29(35)27(18-23-9-6-5-7-10-23)32(20-24-15-13-22(2)14-16-24)28(34)21-33(38(3,36)37)26-12-8-11-25(30)19-26/h5-16,19,27H,4,17-18,20-21H2,1-3H3,(H,31,35)/t27-/m1/s1. The monoisotopic (exact) mass is 555 g/mol. The minimum Gasteiger partial charge on any atom is -0.354 e. The van der Waals surface area contributed by atoms with E-state index in [-0.39, 0.29) is 24.6 Å². The summed E-state index contributed by atoms with van der Waals surface area (Å²) in [5, 5.41) is 3.27. The van der Waals surface area contributed by atoms with Crippen molar-refractivity contribution in [2.45, 2.75) is 39.3 Å². The Balaban J connectivity index is 2.03. The quantitative estimate of drug-likeness (QED) is 0.354. The molecule has 0 fully saturated rings. The number of sulfonamides is 1. The predicted octanol–water partition coefficient (Wildman–Crippen LogP) is 4.58. The Kier molecular flexibility index (Phi) is 10.3. The Hall–Kier alpha value is -3.36. The van der Waals surface area contributed by atoms with Gasteiger partial charge < -0.3 is 10.2 Å². The number of benzene rings is 3. The van der Waals surface area contributed by atoms with E-state index < -0.39 is 28.5 Å². The molecule has 0 aromatic heterocycles. The number of rotatable bonds is 12. The zero-order chi connectivity index (χ0) is 27.7. The number of nitrogens with one attached hydrogen (secondary N) is 1. The van der Waals surface area contributed by atoms with Gasteiger partial charge in [0.25, 0.3) is 0 Å². The molecule has 9 heteroatoms. The average molecular weight is 556 g/mol. The second-order valence-electron chi connectivity index (χ2n) is 9.25. The third-order valence-corrected chi connectivity index (χ3v) is 7.44. The topological polar surface area (TPSA) is 86.8 Å². The fraction of sp³-hybridized carbons (Fsp3) is 0.310. The maximum Gasteiger partial charge on any atom is 0.244 e. The summed E-state index contributed by atoms with van der Waals surface area (Å²) in [7, 11) is -3.83. The molecule has 0 heterocycles. The van der Waals surface area contributed by atoms with Gasteiger partial charge in [-0.25, -0.2) is 8.42 Å². The summed E-state index contributed by atoms with van der Waals surface area (Å²) < 4.78 is 26.6. The molecule has 2 amide bonds. The minimum atomic E-state index is -3.83. The van der Waals surface area contributed by atoms with E-state index in [4.69, 9.17) is 11.6 Å². The van der Waals surface area contributed by atoms with Crippen molar-refractivity contribution in [3.63, 3.8) is 0 Å². The molecule has 0 spiro atoms. The zero-order valence-electron chi connectivity index (χ0n) is 21.9. The van der Waals surface area contributed by atoms with Crippen molar-refractivity contribution in [2.75, 3.05) is 23.7 Å². The van der Waals surface area contributed by atoms with Crippen LogP contribution in [-0.4, -0.2) is 50.5 Å². The summed E-state index contributed by atoms with van der Waals surface area (Å²) in [5.41, 5.74) is 3.07. The van der Waals surface area contributed by atoms with Gasteiger partial charge in [0.1, 0.15) is 12.6 Å². The summed E-state index contributed by atoms with van der Waals surface area (Å²) in [6.07, 6.45) is 2.07. The van der Waals surface area contributed by atoms with Gasteiger partial charge >= 0.3 is 0 Å². The molecule has 3 rings (SSSR count). The van der Waals surface area contributed by atoms with Crippen LogP contribution in [0.4, 0.5) is 5.69 Å². The molecule has 3 aromatic rings. The van der Waals surface area contributed by atoms with Crippen molar-refractivity contribution >= 4 is 39.1 Å². The maximum absolute atomic E-state index is 13.9. The van der Waals surface area contributed by atoms with Crippen LogP contribution >= 0.6 is 11.6 Å². The van der Waals surface area contributed by atoms with E-state index in [0.717, 1.165) is 33.7 Å². The first-order chi connectivity index (χ1) is 18.1. The second-order valence-corrected chi connectivity index (χ2v) is 11.6. The zero-order valence-corrected chi connectivity index (χ0v) is 23.5. The number of anilines is 1. The molecule has 0 saturated heterocycles. The number of carbonyl (C=O) groups is 2. The van der Waals surface area contributed by atoms with E-state index in [0.29, 0.717) is 11.6 Å². The van der Waals surface area contributed by atoms with Gasteiger partial charge in [0.2, 0.25) is 21.8 Å². The number of halogens is 1. The lowest BCUT2D eigenvalue weighted by atomic mass is 10.0. The van der Waals surface area contributed by atoms with E-state index >= 15 is 0 Å². The normalized spacial score (nSPS) is 12.0. The number of amides is 2. The van der Waals surface area contributed by atoms with Crippen molar-refractivity contribution in [2.24, 2.45) is 0 Å². The van der Waals surface area contributed by atoms with Crippen molar-refractivity contribution in [1.29, 1.82) is 0 Å². The molecule has 0 unspecified atom stereocenters. The van der Waals surface area contributed by atoms with Crippen molar-refractivity contribution in [3.8, 4) is 0 Å². The number of carbonyl (C=O) groups excluding carboxylic acids is 2. The molecule has 0 radical (unpaired) electrons. The lowest BCUT2D eigenvalue weighted by molar-refractivity contribution is -0.140. The minimum absolute atomic E-state index is 0.142. The fourth-order valence-electron chi connectivity index (χ4n) is 4.06. The van der Waals surface area contributed by atoms with Crippen LogP contribution in [0.5, 0.6) is 0 Å². The molecule has 0 aliphatic rings. The highest BCUT2D eigenvalue weighted by atomic mass is 35.5. The Morgan fingerprint density at radius 3 is 2.24 bits per heavy atom. The molecule has 0 aliphatic heterocycles. The van der Waals surface area contributed by atoms with Crippen LogP contribution in [0.25, 0.3) is 0 Å². The van der Waals surface area contributed by atoms with E-state index in [1.54, 1.807) is 18.2 Å².